The molecule has 1 aliphatic heterocycles. The van der Waals surface area contributed by atoms with Crippen LogP contribution in [0.4, 0.5) is 4.79 Å². The van der Waals surface area contributed by atoms with Crippen LogP contribution >= 0.6 is 0 Å². The number of ether oxygens (including phenoxy) is 1. The first-order valence-electron chi connectivity index (χ1n) is 12.0. The first kappa shape index (κ1) is 25.1. The average molecular weight is 495 g/mol. The van der Waals surface area contributed by atoms with Crippen LogP contribution in [0.3, 0.4) is 0 Å². The lowest BCUT2D eigenvalue weighted by Crippen LogP contribution is -2.44. The Bertz CT molecular complexity index is 1230. The van der Waals surface area contributed by atoms with Crippen LogP contribution in [0.25, 0.3) is 11.1 Å². The van der Waals surface area contributed by atoms with Crippen LogP contribution in [0.1, 0.15) is 63.3 Å². The number of carbonyl (C=O) groups excluding carboxylic acids is 2. The van der Waals surface area contributed by atoms with Gasteiger partial charge in [-0.3, -0.25) is 4.79 Å². The van der Waals surface area contributed by atoms with Crippen molar-refractivity contribution in [3.63, 3.8) is 0 Å². The van der Waals surface area contributed by atoms with E-state index in [9.17, 15) is 9.59 Å². The van der Waals surface area contributed by atoms with Gasteiger partial charge in [0.2, 0.25) is 5.91 Å². The number of hydrogen-bond donors (Lipinski definition) is 0. The van der Waals surface area contributed by atoms with E-state index in [4.69, 9.17) is 13.6 Å². The second-order valence-corrected chi connectivity index (χ2v) is 15.5. The lowest BCUT2D eigenvalue weighted by Gasteiger charge is -2.39. The summed E-state index contributed by atoms with van der Waals surface area (Å²) in [7, 11) is -2.25. The van der Waals surface area contributed by atoms with E-state index in [1.165, 1.54) is 4.90 Å². The number of amides is 2. The third kappa shape index (κ3) is 5.04. The smallest absolute Gasteiger partial charge is 0.417 e. The Hall–Kier alpha value is -2.97. The van der Waals surface area contributed by atoms with Gasteiger partial charge in [-0.2, -0.15) is 0 Å². The Balaban J connectivity index is 1.63. The SMILES string of the molecule is Cc1nc2cc([C@H](CC(=O)N3C(=O)O[C@H](c4ccccc4)[C@@H]3C)O[Si](C)(C)C(C)(C)C)ccc2o1. The van der Waals surface area contributed by atoms with Gasteiger partial charge in [-0.15, -0.1) is 0 Å². The van der Waals surface area contributed by atoms with Crippen molar-refractivity contribution in [3.05, 3.63) is 65.5 Å². The molecule has 0 N–H and O–H groups in total. The quantitative estimate of drug-likeness (QED) is 0.355. The van der Waals surface area contributed by atoms with Crippen LogP contribution in [0, 0.1) is 6.92 Å². The maximum atomic E-state index is 13.6. The fourth-order valence-corrected chi connectivity index (χ4v) is 5.44. The van der Waals surface area contributed by atoms with E-state index in [0.717, 1.165) is 16.6 Å². The molecule has 0 radical (unpaired) electrons. The first-order valence-corrected chi connectivity index (χ1v) is 14.9. The number of oxazole rings is 1. The number of nitrogens with zero attached hydrogens (tertiary/aromatic N) is 2. The third-order valence-electron chi connectivity index (χ3n) is 7.16. The van der Waals surface area contributed by atoms with Crippen molar-refractivity contribution >= 4 is 31.4 Å². The summed E-state index contributed by atoms with van der Waals surface area (Å²) < 4.78 is 18.0. The van der Waals surface area contributed by atoms with Gasteiger partial charge in [-0.1, -0.05) is 57.2 Å². The highest BCUT2D eigenvalue weighted by molar-refractivity contribution is 6.74. The standard InChI is InChI=1S/C27H34N2O5Si/c1-17-25(19-11-9-8-10-12-19)33-26(31)29(17)24(30)16-23(34-35(6,7)27(3,4)5)20-13-14-22-21(15-20)28-18(2)32-22/h8-15,17,23,25H,16H2,1-7H3/t17-,23-,25-/m0/s1. The van der Waals surface area contributed by atoms with Gasteiger partial charge < -0.3 is 13.6 Å². The number of aryl methyl sites for hydroxylation is 1. The van der Waals surface area contributed by atoms with Crippen LogP contribution in [0.15, 0.2) is 52.9 Å². The molecule has 1 saturated heterocycles. The summed E-state index contributed by atoms with van der Waals surface area (Å²) in [5.41, 5.74) is 3.11. The van der Waals surface area contributed by atoms with Crippen LogP contribution in [0.5, 0.6) is 0 Å². The monoisotopic (exact) mass is 494 g/mol. The Labute approximate surface area is 207 Å². The van der Waals surface area contributed by atoms with E-state index >= 15 is 0 Å². The molecule has 7 nitrogen and oxygen atoms in total. The highest BCUT2D eigenvalue weighted by Crippen LogP contribution is 2.42. The Morgan fingerprint density at radius 2 is 1.86 bits per heavy atom. The second-order valence-electron chi connectivity index (χ2n) is 10.8. The topological polar surface area (TPSA) is 81.9 Å². The summed E-state index contributed by atoms with van der Waals surface area (Å²) in [6, 6.07) is 14.8. The predicted molar refractivity (Wildman–Crippen MR) is 136 cm³/mol. The number of imide groups is 1. The predicted octanol–water partition coefficient (Wildman–Crippen LogP) is 6.70. The first-order chi connectivity index (χ1) is 16.4. The van der Waals surface area contributed by atoms with Gasteiger partial charge >= 0.3 is 6.09 Å². The molecule has 3 atom stereocenters. The molecule has 2 heterocycles. The summed E-state index contributed by atoms with van der Waals surface area (Å²) in [4.78, 5) is 32.0. The summed E-state index contributed by atoms with van der Waals surface area (Å²) >= 11 is 0. The molecule has 0 saturated carbocycles. The van der Waals surface area contributed by atoms with Crippen molar-refractivity contribution in [1.82, 2.24) is 9.88 Å². The average Bonchev–Trinajstić information content (AvgIpc) is 3.30. The molecule has 0 unspecified atom stereocenters. The van der Waals surface area contributed by atoms with E-state index < -0.39 is 32.7 Å². The molecule has 2 aromatic carbocycles. The molecule has 1 aromatic heterocycles. The van der Waals surface area contributed by atoms with E-state index in [1.54, 1.807) is 6.92 Å². The van der Waals surface area contributed by atoms with Crippen molar-refractivity contribution in [1.29, 1.82) is 0 Å². The molecule has 0 bridgehead atoms. The van der Waals surface area contributed by atoms with E-state index in [-0.39, 0.29) is 17.4 Å². The molecule has 2 amide bonds. The minimum Gasteiger partial charge on any atom is -0.441 e. The molecule has 1 aliphatic rings. The summed E-state index contributed by atoms with van der Waals surface area (Å²) in [5, 5.41) is -0.0544. The molecular weight excluding hydrogens is 460 g/mol. The molecule has 35 heavy (non-hydrogen) atoms. The van der Waals surface area contributed by atoms with Gasteiger partial charge in [-0.25, -0.2) is 14.7 Å². The molecular formula is C27H34N2O5Si. The molecule has 186 valence electrons. The lowest BCUT2D eigenvalue weighted by atomic mass is 10.0. The zero-order valence-electron chi connectivity index (χ0n) is 21.5. The van der Waals surface area contributed by atoms with Crippen molar-refractivity contribution in [2.45, 2.75) is 77.4 Å². The second kappa shape index (κ2) is 9.24. The zero-order valence-corrected chi connectivity index (χ0v) is 22.5. The van der Waals surface area contributed by atoms with Gasteiger partial charge in [0.25, 0.3) is 0 Å². The fraction of sp³-hybridized carbons (Fsp3) is 0.444. The van der Waals surface area contributed by atoms with Gasteiger partial charge in [0.05, 0.1) is 18.6 Å². The molecule has 0 spiro atoms. The Kier molecular flexibility index (Phi) is 6.63. The number of fused-ring (bicyclic) bond motifs is 1. The van der Waals surface area contributed by atoms with E-state index in [2.05, 4.69) is 38.8 Å². The van der Waals surface area contributed by atoms with Gasteiger partial charge in [0.1, 0.15) is 11.6 Å². The summed E-state index contributed by atoms with van der Waals surface area (Å²) in [6.45, 7) is 14.4. The minimum atomic E-state index is -2.25. The number of hydrogen-bond acceptors (Lipinski definition) is 6. The molecule has 4 rings (SSSR count). The number of rotatable bonds is 6. The fourth-order valence-electron chi connectivity index (χ4n) is 4.16. The van der Waals surface area contributed by atoms with Crippen LogP contribution in [-0.4, -0.2) is 36.2 Å². The van der Waals surface area contributed by atoms with Crippen molar-refractivity contribution < 1.29 is 23.2 Å². The maximum Gasteiger partial charge on any atom is 0.417 e. The van der Waals surface area contributed by atoms with Crippen LogP contribution in [0.2, 0.25) is 18.1 Å². The third-order valence-corrected chi connectivity index (χ3v) is 11.6. The van der Waals surface area contributed by atoms with Gasteiger partial charge in [0, 0.05) is 6.92 Å². The van der Waals surface area contributed by atoms with Crippen molar-refractivity contribution in [2.75, 3.05) is 0 Å². The largest absolute Gasteiger partial charge is 0.441 e. The number of cyclic esters (lactones) is 1. The highest BCUT2D eigenvalue weighted by Gasteiger charge is 2.45. The van der Waals surface area contributed by atoms with E-state index in [1.807, 2.05) is 55.5 Å². The molecule has 3 aromatic rings. The molecule has 8 heteroatoms. The summed E-state index contributed by atoms with van der Waals surface area (Å²) in [6.07, 6.45) is -1.62. The van der Waals surface area contributed by atoms with Gasteiger partial charge in [-0.05, 0) is 48.3 Å². The Morgan fingerprint density at radius 3 is 2.51 bits per heavy atom. The lowest BCUT2D eigenvalue weighted by molar-refractivity contribution is -0.131. The van der Waals surface area contributed by atoms with Crippen molar-refractivity contribution in [2.24, 2.45) is 0 Å². The molecule has 0 aliphatic carbocycles. The normalized spacial score (nSPS) is 19.7. The minimum absolute atomic E-state index is 0.0236. The number of carbonyl (C=O) groups is 2. The Morgan fingerprint density at radius 1 is 1.17 bits per heavy atom. The zero-order chi connectivity index (χ0) is 25.5. The van der Waals surface area contributed by atoms with E-state index in [0.29, 0.717) is 11.5 Å². The highest BCUT2D eigenvalue weighted by atomic mass is 28.4. The molecule has 1 fully saturated rings. The number of benzene rings is 2. The van der Waals surface area contributed by atoms with Crippen LogP contribution < -0.4 is 0 Å². The summed E-state index contributed by atoms with van der Waals surface area (Å²) in [5.74, 6) is 0.261. The van der Waals surface area contributed by atoms with Crippen molar-refractivity contribution in [3.8, 4) is 0 Å². The number of aromatic nitrogens is 1. The van der Waals surface area contributed by atoms with Crippen LogP contribution in [-0.2, 0) is 14.0 Å². The van der Waals surface area contributed by atoms with Gasteiger partial charge in [0.15, 0.2) is 19.8 Å². The maximum absolute atomic E-state index is 13.6.